The molecule has 4 heteroatoms. The van der Waals surface area contributed by atoms with E-state index in [1.54, 1.807) is 0 Å². The summed E-state index contributed by atoms with van der Waals surface area (Å²) in [7, 11) is 2.14. The molecule has 3 heterocycles. The average molecular weight is 319 g/mol. The molecule has 2 atom stereocenters. The molecule has 0 N–H and O–H groups in total. The fraction of sp³-hybridized carbons (Fsp3) is 0.350. The lowest BCUT2D eigenvalue weighted by Gasteiger charge is -2.39. The van der Waals surface area contributed by atoms with Gasteiger partial charge in [-0.1, -0.05) is 42.5 Å². The van der Waals surface area contributed by atoms with Gasteiger partial charge in [0.1, 0.15) is 5.84 Å². The van der Waals surface area contributed by atoms with Gasteiger partial charge in [-0.2, -0.15) is 0 Å². The van der Waals surface area contributed by atoms with Crippen LogP contribution in [0.25, 0.3) is 5.70 Å². The lowest BCUT2D eigenvalue weighted by molar-refractivity contribution is 0.0637. The van der Waals surface area contributed by atoms with Gasteiger partial charge in [0, 0.05) is 37.2 Å². The number of amidine groups is 1. The minimum Gasteiger partial charge on any atom is -0.378 e. The van der Waals surface area contributed by atoms with Crippen molar-refractivity contribution < 1.29 is 4.74 Å². The van der Waals surface area contributed by atoms with E-state index in [2.05, 4.69) is 65.4 Å². The highest BCUT2D eigenvalue weighted by molar-refractivity contribution is 6.19. The zero-order valence-corrected chi connectivity index (χ0v) is 13.9. The van der Waals surface area contributed by atoms with Crippen molar-refractivity contribution in [1.82, 2.24) is 4.90 Å². The standard InChI is InChI=1S/C20H21N3O/c1-22-17-9-5-3-7-15(17)19(23-10-12-24-13-11-23)18-14-6-2-4-8-16(14)21-20(18)22/h2-9,14,16H,10-13H2,1H3. The predicted molar refractivity (Wildman–Crippen MR) is 97.2 cm³/mol. The molecule has 1 fully saturated rings. The number of para-hydroxylation sites is 1. The van der Waals surface area contributed by atoms with E-state index in [0.717, 1.165) is 32.1 Å². The largest absolute Gasteiger partial charge is 0.378 e. The van der Waals surface area contributed by atoms with E-state index >= 15 is 0 Å². The number of allylic oxidation sites excluding steroid dienone is 2. The van der Waals surface area contributed by atoms with Gasteiger partial charge in [0.05, 0.1) is 30.6 Å². The van der Waals surface area contributed by atoms with Gasteiger partial charge in [-0.25, -0.2) is 0 Å². The maximum atomic E-state index is 5.59. The molecule has 0 spiro atoms. The molecule has 1 aromatic carbocycles. The number of aliphatic imine (C=N–C) groups is 1. The number of benzene rings is 1. The smallest absolute Gasteiger partial charge is 0.134 e. The van der Waals surface area contributed by atoms with E-state index in [0.29, 0.717) is 5.92 Å². The fourth-order valence-corrected chi connectivity index (χ4v) is 4.23. The van der Waals surface area contributed by atoms with Crippen LogP contribution in [0.4, 0.5) is 5.69 Å². The number of ether oxygens (including phenoxy) is 1. The minimum absolute atomic E-state index is 0.229. The lowest BCUT2D eigenvalue weighted by Crippen LogP contribution is -2.41. The van der Waals surface area contributed by atoms with Gasteiger partial charge in [0.25, 0.3) is 0 Å². The summed E-state index contributed by atoms with van der Waals surface area (Å²) in [5.74, 6) is 1.47. The number of likely N-dealkylation sites (N-methyl/N-ethyl adjacent to an activating group) is 1. The van der Waals surface area contributed by atoms with Crippen LogP contribution in [-0.2, 0) is 4.74 Å². The van der Waals surface area contributed by atoms with Crippen molar-refractivity contribution in [2.24, 2.45) is 10.9 Å². The second-order valence-corrected chi connectivity index (χ2v) is 6.68. The zero-order chi connectivity index (χ0) is 16.1. The first-order valence-electron chi connectivity index (χ1n) is 8.68. The Kier molecular flexibility index (Phi) is 3.13. The van der Waals surface area contributed by atoms with Crippen LogP contribution in [0.2, 0.25) is 0 Å². The summed E-state index contributed by atoms with van der Waals surface area (Å²) in [4.78, 5) is 9.80. The third-order valence-corrected chi connectivity index (χ3v) is 5.37. The van der Waals surface area contributed by atoms with Crippen LogP contribution in [0.1, 0.15) is 5.56 Å². The molecule has 1 aliphatic carbocycles. The first-order valence-corrected chi connectivity index (χ1v) is 8.68. The number of nitrogens with zero attached hydrogens (tertiary/aromatic N) is 3. The van der Waals surface area contributed by atoms with Crippen molar-refractivity contribution in [1.29, 1.82) is 0 Å². The van der Waals surface area contributed by atoms with Crippen molar-refractivity contribution in [2.75, 3.05) is 38.3 Å². The Hall–Kier alpha value is -2.33. The summed E-state index contributed by atoms with van der Waals surface area (Å²) in [5.41, 5.74) is 5.30. The van der Waals surface area contributed by atoms with Crippen LogP contribution in [0, 0.1) is 5.92 Å². The molecule has 0 bridgehead atoms. The lowest BCUT2D eigenvalue weighted by atomic mass is 9.85. The predicted octanol–water partition coefficient (Wildman–Crippen LogP) is 2.70. The van der Waals surface area contributed by atoms with Crippen molar-refractivity contribution >= 4 is 17.2 Å². The summed E-state index contributed by atoms with van der Waals surface area (Å²) in [6.45, 7) is 3.48. The normalized spacial score (nSPS) is 27.8. The van der Waals surface area contributed by atoms with Gasteiger partial charge in [0.15, 0.2) is 0 Å². The fourth-order valence-electron chi connectivity index (χ4n) is 4.23. The maximum Gasteiger partial charge on any atom is 0.134 e. The van der Waals surface area contributed by atoms with Gasteiger partial charge in [0.2, 0.25) is 0 Å². The van der Waals surface area contributed by atoms with Crippen molar-refractivity contribution in [3.63, 3.8) is 0 Å². The highest BCUT2D eigenvalue weighted by Gasteiger charge is 2.41. The molecule has 5 rings (SSSR count). The summed E-state index contributed by atoms with van der Waals surface area (Å²) in [6.07, 6.45) is 8.80. The second kappa shape index (κ2) is 5.35. The number of fused-ring (bicyclic) bond motifs is 4. The molecular weight excluding hydrogens is 298 g/mol. The van der Waals surface area contributed by atoms with Gasteiger partial charge in [-0.3, -0.25) is 4.99 Å². The van der Waals surface area contributed by atoms with Gasteiger partial charge < -0.3 is 14.5 Å². The maximum absolute atomic E-state index is 5.59. The van der Waals surface area contributed by atoms with Crippen molar-refractivity contribution in [3.8, 4) is 0 Å². The molecule has 1 aromatic rings. The molecule has 4 aliphatic rings. The Morgan fingerprint density at radius 1 is 1.08 bits per heavy atom. The Morgan fingerprint density at radius 3 is 2.75 bits per heavy atom. The first kappa shape index (κ1) is 14.1. The highest BCUT2D eigenvalue weighted by Crippen LogP contribution is 2.45. The molecule has 0 saturated carbocycles. The molecule has 0 amide bonds. The Balaban J connectivity index is 1.74. The average Bonchev–Trinajstić information content (AvgIpc) is 3.03. The monoisotopic (exact) mass is 319 g/mol. The van der Waals surface area contributed by atoms with Crippen LogP contribution < -0.4 is 4.90 Å². The van der Waals surface area contributed by atoms with Crippen LogP contribution in [0.15, 0.2) is 59.1 Å². The van der Waals surface area contributed by atoms with Crippen molar-refractivity contribution in [3.05, 3.63) is 59.7 Å². The molecule has 0 aromatic heterocycles. The SMILES string of the molecule is CN1C2=NC3C=CC=CC3C2=C(N2CCOCC2)c2ccccc21. The number of morpholine rings is 1. The first-order chi connectivity index (χ1) is 11.8. The number of hydrogen-bond acceptors (Lipinski definition) is 4. The van der Waals surface area contributed by atoms with Crippen LogP contribution in [0.3, 0.4) is 0 Å². The van der Waals surface area contributed by atoms with E-state index in [-0.39, 0.29) is 6.04 Å². The Morgan fingerprint density at radius 2 is 1.88 bits per heavy atom. The van der Waals surface area contributed by atoms with Gasteiger partial charge in [-0.05, 0) is 6.07 Å². The minimum atomic E-state index is 0.229. The quantitative estimate of drug-likeness (QED) is 0.797. The molecule has 3 aliphatic heterocycles. The number of hydrogen-bond donors (Lipinski definition) is 0. The molecule has 1 saturated heterocycles. The third-order valence-electron chi connectivity index (χ3n) is 5.37. The van der Waals surface area contributed by atoms with Crippen molar-refractivity contribution in [2.45, 2.75) is 6.04 Å². The molecule has 2 unspecified atom stereocenters. The van der Waals surface area contributed by atoms with Crippen LogP contribution >= 0.6 is 0 Å². The summed E-state index contributed by atoms with van der Waals surface area (Å²) < 4.78 is 5.59. The molecule has 122 valence electrons. The van der Waals surface area contributed by atoms with Crippen LogP contribution in [-0.4, -0.2) is 50.1 Å². The molecule has 4 nitrogen and oxygen atoms in total. The molecule has 0 radical (unpaired) electrons. The van der Waals surface area contributed by atoms with E-state index in [1.807, 2.05) is 0 Å². The Bertz CT molecular complexity index is 799. The topological polar surface area (TPSA) is 28.1 Å². The van der Waals surface area contributed by atoms with E-state index < -0.39 is 0 Å². The van der Waals surface area contributed by atoms with E-state index in [9.17, 15) is 0 Å². The second-order valence-electron chi connectivity index (χ2n) is 6.68. The molecule has 24 heavy (non-hydrogen) atoms. The van der Waals surface area contributed by atoms with E-state index in [1.165, 1.54) is 22.5 Å². The highest BCUT2D eigenvalue weighted by atomic mass is 16.5. The summed E-state index contributed by atoms with van der Waals surface area (Å²) in [6, 6.07) is 8.92. The summed E-state index contributed by atoms with van der Waals surface area (Å²) >= 11 is 0. The van der Waals surface area contributed by atoms with E-state index in [4.69, 9.17) is 9.73 Å². The zero-order valence-electron chi connectivity index (χ0n) is 13.9. The summed E-state index contributed by atoms with van der Waals surface area (Å²) in [5, 5.41) is 0. The third kappa shape index (κ3) is 1.93. The van der Waals surface area contributed by atoms with Crippen LogP contribution in [0.5, 0.6) is 0 Å². The van der Waals surface area contributed by atoms with Gasteiger partial charge in [-0.15, -0.1) is 0 Å². The van der Waals surface area contributed by atoms with Gasteiger partial charge >= 0.3 is 0 Å². The molecular formula is C20H21N3O. The number of rotatable bonds is 1. The number of anilines is 1. The Labute approximate surface area is 142 Å².